The third-order valence-corrected chi connectivity index (χ3v) is 7.42. The number of aliphatic hydroxyl groups excluding tert-OH is 1. The standard InChI is InChI=1S/C27H44O10S.K/c1-2-3-4-5-6-7-8-9-10-11-12-13-14-15-16-17-24(29)35-20-27(19-28)21-36-25(30)18-23(38(32,33)34)26(31)37-22-27;/h23,28H,2-11,14-22H2,1H3,(H,32,33,34);/q;+1/p-1. The molecule has 0 amide bonds. The summed E-state index contributed by atoms with van der Waals surface area (Å²) in [5.74, 6) is 3.23. The first-order valence-electron chi connectivity index (χ1n) is 13.6. The first-order chi connectivity index (χ1) is 18.1. The first kappa shape index (κ1) is 38.5. The quantitative estimate of drug-likeness (QED) is 0.0621. The number of hydrogen-bond donors (Lipinski definition) is 1. The van der Waals surface area contributed by atoms with Gasteiger partial charge in [0.2, 0.25) is 0 Å². The van der Waals surface area contributed by atoms with E-state index >= 15 is 0 Å². The Morgan fingerprint density at radius 1 is 0.974 bits per heavy atom. The summed E-state index contributed by atoms with van der Waals surface area (Å²) in [6.45, 7) is 0.0513. The molecule has 0 aromatic rings. The maximum atomic E-state index is 12.1. The number of hydrogen-bond acceptors (Lipinski definition) is 10. The zero-order chi connectivity index (χ0) is 28.3. The molecule has 0 aromatic carbocycles. The van der Waals surface area contributed by atoms with Crippen molar-refractivity contribution in [1.29, 1.82) is 0 Å². The first-order valence-corrected chi connectivity index (χ1v) is 15.1. The molecule has 0 radical (unpaired) electrons. The number of unbranched alkanes of at least 4 members (excludes halogenated alkanes) is 11. The number of carbonyl (C=O) groups excluding carboxylic acids is 3. The van der Waals surface area contributed by atoms with Gasteiger partial charge in [-0.15, -0.1) is 11.8 Å². The normalized spacial score (nSPS) is 19.7. The van der Waals surface area contributed by atoms with E-state index in [9.17, 15) is 32.5 Å². The predicted molar refractivity (Wildman–Crippen MR) is 139 cm³/mol. The van der Waals surface area contributed by atoms with Crippen LogP contribution < -0.4 is 51.4 Å². The Labute approximate surface area is 275 Å². The summed E-state index contributed by atoms with van der Waals surface area (Å²) in [4.78, 5) is 36.0. The number of cyclic esters (lactones) is 2. The van der Waals surface area contributed by atoms with Gasteiger partial charge in [-0.2, -0.15) is 0 Å². The van der Waals surface area contributed by atoms with Gasteiger partial charge < -0.3 is 23.9 Å². The van der Waals surface area contributed by atoms with E-state index in [0.717, 1.165) is 19.3 Å². The van der Waals surface area contributed by atoms with Gasteiger partial charge in [0.15, 0.2) is 5.25 Å². The van der Waals surface area contributed by atoms with E-state index in [-0.39, 0.29) is 57.8 Å². The van der Waals surface area contributed by atoms with E-state index in [4.69, 9.17) is 14.2 Å². The van der Waals surface area contributed by atoms with E-state index in [1.807, 2.05) is 0 Å². The topological polar surface area (TPSA) is 156 Å². The van der Waals surface area contributed by atoms with Gasteiger partial charge in [0, 0.05) is 19.3 Å². The summed E-state index contributed by atoms with van der Waals surface area (Å²) < 4.78 is 48.8. The van der Waals surface area contributed by atoms with Crippen molar-refractivity contribution in [1.82, 2.24) is 0 Å². The van der Waals surface area contributed by atoms with Crippen LogP contribution in [0, 0.1) is 17.3 Å². The fourth-order valence-electron chi connectivity index (χ4n) is 3.82. The van der Waals surface area contributed by atoms with Crippen LogP contribution >= 0.6 is 0 Å². The summed E-state index contributed by atoms with van der Waals surface area (Å²) in [6.07, 6.45) is 13.5. The van der Waals surface area contributed by atoms with Crippen molar-refractivity contribution in [2.24, 2.45) is 5.41 Å². The number of carbonyl (C=O) groups is 3. The minimum absolute atomic E-state index is 0. The molecule has 2 unspecified atom stereocenters. The van der Waals surface area contributed by atoms with Crippen molar-refractivity contribution in [2.75, 3.05) is 26.4 Å². The molecule has 1 rings (SSSR count). The molecular formula is C27H43KO10S. The van der Waals surface area contributed by atoms with Gasteiger partial charge >= 0.3 is 69.3 Å². The molecule has 0 aliphatic carbocycles. The Bertz CT molecular complexity index is 896. The molecule has 0 saturated carbocycles. The third kappa shape index (κ3) is 17.8. The van der Waals surface area contributed by atoms with Crippen molar-refractivity contribution in [2.45, 2.75) is 108 Å². The van der Waals surface area contributed by atoms with Gasteiger partial charge in [0.05, 0.1) is 18.4 Å². The molecule has 1 aliphatic heterocycles. The van der Waals surface area contributed by atoms with Crippen LogP contribution in [0.2, 0.25) is 0 Å². The molecule has 2 atom stereocenters. The maximum absolute atomic E-state index is 12.1. The number of ether oxygens (including phenoxy) is 3. The van der Waals surface area contributed by atoms with Gasteiger partial charge in [-0.1, -0.05) is 58.3 Å². The monoisotopic (exact) mass is 598 g/mol. The van der Waals surface area contributed by atoms with Crippen LogP contribution in [0.4, 0.5) is 0 Å². The molecule has 1 fully saturated rings. The average molecular weight is 599 g/mol. The predicted octanol–water partition coefficient (Wildman–Crippen LogP) is 0.401. The van der Waals surface area contributed by atoms with E-state index in [2.05, 4.69) is 18.8 Å². The van der Waals surface area contributed by atoms with Crippen LogP contribution in [0.25, 0.3) is 0 Å². The molecule has 218 valence electrons. The molecule has 1 aliphatic rings. The minimum atomic E-state index is -5.15. The Morgan fingerprint density at radius 2 is 1.51 bits per heavy atom. The molecular weight excluding hydrogens is 555 g/mol. The summed E-state index contributed by atoms with van der Waals surface area (Å²) in [6, 6.07) is 0. The fourth-order valence-corrected chi connectivity index (χ4v) is 4.46. The van der Waals surface area contributed by atoms with Crippen molar-refractivity contribution in [3.63, 3.8) is 0 Å². The third-order valence-electron chi connectivity index (χ3n) is 6.36. The van der Waals surface area contributed by atoms with Gasteiger partial charge in [0.1, 0.15) is 29.9 Å². The summed E-state index contributed by atoms with van der Waals surface area (Å²) in [7, 11) is -5.15. The van der Waals surface area contributed by atoms with E-state index < -0.39 is 71.5 Å². The van der Waals surface area contributed by atoms with Gasteiger partial charge in [0.25, 0.3) is 0 Å². The molecule has 39 heavy (non-hydrogen) atoms. The van der Waals surface area contributed by atoms with Crippen molar-refractivity contribution in [3.8, 4) is 11.8 Å². The molecule has 0 spiro atoms. The number of rotatable bonds is 17. The number of esters is 3. The van der Waals surface area contributed by atoms with Crippen molar-refractivity contribution >= 4 is 28.0 Å². The Hall–Kier alpha value is -0.524. The second-order valence-electron chi connectivity index (χ2n) is 9.91. The maximum Gasteiger partial charge on any atom is 1.00 e. The molecule has 0 bridgehead atoms. The zero-order valence-electron chi connectivity index (χ0n) is 23.5. The van der Waals surface area contributed by atoms with Crippen LogP contribution in [0.3, 0.4) is 0 Å². The molecule has 12 heteroatoms. The molecule has 10 nitrogen and oxygen atoms in total. The second-order valence-corrected chi connectivity index (χ2v) is 11.5. The van der Waals surface area contributed by atoms with Gasteiger partial charge in [-0.25, -0.2) is 8.42 Å². The van der Waals surface area contributed by atoms with E-state index in [0.29, 0.717) is 12.8 Å². The van der Waals surface area contributed by atoms with Crippen LogP contribution in [-0.4, -0.2) is 67.7 Å². The Kier molecular flexibility index (Phi) is 21.8. The van der Waals surface area contributed by atoms with Crippen molar-refractivity contribution < 1.29 is 98.1 Å². The van der Waals surface area contributed by atoms with Gasteiger partial charge in [-0.3, -0.25) is 14.4 Å². The van der Waals surface area contributed by atoms with Crippen LogP contribution in [0.1, 0.15) is 103 Å². The summed E-state index contributed by atoms with van der Waals surface area (Å²) in [5.41, 5.74) is -1.47. The van der Waals surface area contributed by atoms with E-state index in [1.54, 1.807) is 0 Å². The van der Waals surface area contributed by atoms with Crippen LogP contribution in [0.15, 0.2) is 0 Å². The molecule has 1 N–H and O–H groups in total. The average Bonchev–Trinajstić information content (AvgIpc) is 2.94. The Balaban J connectivity index is 0.0000144. The zero-order valence-corrected chi connectivity index (χ0v) is 27.5. The summed E-state index contributed by atoms with van der Waals surface area (Å²) in [5, 5.41) is 7.57. The fraction of sp³-hybridized carbons (Fsp3) is 0.815. The van der Waals surface area contributed by atoms with Crippen LogP contribution in [-0.2, 0) is 38.7 Å². The molecule has 1 heterocycles. The Morgan fingerprint density at radius 3 is 2.08 bits per heavy atom. The van der Waals surface area contributed by atoms with Crippen molar-refractivity contribution in [3.05, 3.63) is 0 Å². The number of aliphatic hydroxyl groups is 1. The molecule has 0 aromatic heterocycles. The molecule has 1 saturated heterocycles. The largest absolute Gasteiger partial charge is 1.00 e. The second kappa shape index (κ2) is 22.1. The smallest absolute Gasteiger partial charge is 0.747 e. The minimum Gasteiger partial charge on any atom is -0.747 e. The SMILES string of the molecule is CCCCCCCCCCCC#CCCCCC(=O)OCC1(CO)COC(=O)CC(S(=O)(=O)[O-])C(=O)OC1.[K+]. The summed E-state index contributed by atoms with van der Waals surface area (Å²) >= 11 is 0. The van der Waals surface area contributed by atoms with Gasteiger partial charge in [-0.05, 0) is 19.3 Å². The van der Waals surface area contributed by atoms with E-state index in [1.165, 1.54) is 51.4 Å². The van der Waals surface area contributed by atoms with Crippen LogP contribution in [0.5, 0.6) is 0 Å².